The second-order valence-electron chi connectivity index (χ2n) is 4.72. The van der Waals surface area contributed by atoms with Crippen LogP contribution < -0.4 is 15.4 Å². The number of amides is 1. The van der Waals surface area contributed by atoms with E-state index in [0.29, 0.717) is 30.9 Å². The van der Waals surface area contributed by atoms with Gasteiger partial charge in [-0.1, -0.05) is 13.0 Å². The highest BCUT2D eigenvalue weighted by Gasteiger charge is 2.09. The fourth-order valence-corrected chi connectivity index (χ4v) is 2.87. The maximum absolute atomic E-state index is 11.7. The van der Waals surface area contributed by atoms with E-state index in [0.717, 1.165) is 0 Å². The molecule has 23 heavy (non-hydrogen) atoms. The number of hydrogen-bond donors (Lipinski definition) is 3. The predicted molar refractivity (Wildman–Crippen MR) is 94.8 cm³/mol. The van der Waals surface area contributed by atoms with Crippen LogP contribution in [0.4, 0.5) is 11.4 Å². The number of hydrogen-bond acceptors (Lipinski definition) is 5. The van der Waals surface area contributed by atoms with Gasteiger partial charge in [-0.25, -0.2) is 8.42 Å². The molecule has 0 saturated heterocycles. The van der Waals surface area contributed by atoms with Gasteiger partial charge in [0.15, 0.2) is 0 Å². The average molecular weight is 366 g/mol. The summed E-state index contributed by atoms with van der Waals surface area (Å²) in [7, 11) is -1.75. The van der Waals surface area contributed by atoms with Crippen LogP contribution in [-0.2, 0) is 19.6 Å². The van der Waals surface area contributed by atoms with E-state index in [1.807, 2.05) is 0 Å². The topological polar surface area (TPSA) is 96.5 Å². The molecular weight excluding hydrogens is 342 g/mol. The van der Waals surface area contributed by atoms with E-state index in [1.54, 1.807) is 38.3 Å². The first kappa shape index (κ1) is 21.6. The van der Waals surface area contributed by atoms with Crippen molar-refractivity contribution in [1.29, 1.82) is 0 Å². The van der Waals surface area contributed by atoms with Crippen molar-refractivity contribution in [3.8, 4) is 0 Å². The molecule has 1 amide bonds. The van der Waals surface area contributed by atoms with Gasteiger partial charge >= 0.3 is 0 Å². The van der Waals surface area contributed by atoms with Gasteiger partial charge in [0.05, 0.1) is 24.6 Å². The molecule has 1 aromatic rings. The van der Waals surface area contributed by atoms with Crippen LogP contribution in [0.25, 0.3) is 0 Å². The van der Waals surface area contributed by atoms with E-state index in [2.05, 4.69) is 15.4 Å². The molecule has 0 aliphatic rings. The number of nitrogens with one attached hydrogen (secondary N) is 3. The Labute approximate surface area is 143 Å². The maximum Gasteiger partial charge on any atom is 0.238 e. The number of ether oxygens (including phenoxy) is 1. The van der Waals surface area contributed by atoms with Crippen LogP contribution >= 0.6 is 12.4 Å². The Morgan fingerprint density at radius 3 is 2.61 bits per heavy atom. The number of benzene rings is 1. The van der Waals surface area contributed by atoms with Gasteiger partial charge in [-0.15, -0.1) is 12.4 Å². The molecule has 0 aromatic heterocycles. The van der Waals surface area contributed by atoms with Crippen LogP contribution in [0.2, 0.25) is 0 Å². The van der Waals surface area contributed by atoms with Crippen molar-refractivity contribution in [2.24, 2.45) is 0 Å². The summed E-state index contributed by atoms with van der Waals surface area (Å²) in [6, 6.07) is 6.60. The Hall–Kier alpha value is -1.35. The Balaban J connectivity index is 0.00000484. The Morgan fingerprint density at radius 2 is 1.96 bits per heavy atom. The molecule has 7 nitrogen and oxygen atoms in total. The van der Waals surface area contributed by atoms with Gasteiger partial charge in [-0.2, -0.15) is 0 Å². The quantitative estimate of drug-likeness (QED) is 0.545. The fraction of sp³-hybridized carbons (Fsp3) is 0.500. The third-order valence-electron chi connectivity index (χ3n) is 2.66. The fourth-order valence-electron chi connectivity index (χ4n) is 1.74. The molecule has 0 unspecified atom stereocenters. The molecule has 1 aromatic carbocycles. The van der Waals surface area contributed by atoms with Crippen molar-refractivity contribution < 1.29 is 17.9 Å². The third kappa shape index (κ3) is 9.39. The number of anilines is 2. The summed E-state index contributed by atoms with van der Waals surface area (Å²) < 4.78 is 30.8. The summed E-state index contributed by atoms with van der Waals surface area (Å²) in [6.07, 6.45) is 0.541. The van der Waals surface area contributed by atoms with E-state index in [9.17, 15) is 13.2 Å². The van der Waals surface area contributed by atoms with Crippen LogP contribution in [-0.4, -0.2) is 46.9 Å². The van der Waals surface area contributed by atoms with E-state index >= 15 is 0 Å². The van der Waals surface area contributed by atoms with Gasteiger partial charge < -0.3 is 15.4 Å². The molecule has 0 radical (unpaired) electrons. The Bertz CT molecular complexity index is 581. The van der Waals surface area contributed by atoms with Crippen LogP contribution in [0.1, 0.15) is 13.3 Å². The molecule has 0 aliphatic carbocycles. The second kappa shape index (κ2) is 11.2. The van der Waals surface area contributed by atoms with Gasteiger partial charge in [0.2, 0.25) is 15.9 Å². The summed E-state index contributed by atoms with van der Waals surface area (Å²) in [5.41, 5.74) is 0.967. The molecule has 1 rings (SSSR count). The standard InChI is InChI=1S/C14H23N3O4S.ClH/c1-3-9-22(19,20)17-13-6-4-5-12(10-13)16-14(18)11-15-7-8-21-2;/h4-6,10,15,17H,3,7-9,11H2,1-2H3,(H,16,18);1H. The number of rotatable bonds is 10. The first-order valence-electron chi connectivity index (χ1n) is 7.07. The van der Waals surface area contributed by atoms with E-state index in [1.165, 1.54) is 0 Å². The largest absolute Gasteiger partial charge is 0.383 e. The molecule has 132 valence electrons. The van der Waals surface area contributed by atoms with Gasteiger partial charge in [0.1, 0.15) is 0 Å². The lowest BCUT2D eigenvalue weighted by Gasteiger charge is -2.10. The maximum atomic E-state index is 11.7. The van der Waals surface area contributed by atoms with Crippen LogP contribution in [0, 0.1) is 0 Å². The minimum atomic E-state index is -3.34. The zero-order valence-corrected chi connectivity index (χ0v) is 14.9. The summed E-state index contributed by atoms with van der Waals surface area (Å²) in [6.45, 7) is 3.07. The van der Waals surface area contributed by atoms with Crippen molar-refractivity contribution in [3.05, 3.63) is 24.3 Å². The van der Waals surface area contributed by atoms with Crippen LogP contribution in [0.15, 0.2) is 24.3 Å². The van der Waals surface area contributed by atoms with Crippen molar-refractivity contribution in [3.63, 3.8) is 0 Å². The SMILES string of the molecule is CCCS(=O)(=O)Nc1cccc(NC(=O)CNCCOC)c1.Cl. The predicted octanol–water partition coefficient (Wildman–Crippen LogP) is 1.43. The molecule has 0 heterocycles. The molecule has 0 fully saturated rings. The summed E-state index contributed by atoms with van der Waals surface area (Å²) in [5, 5.41) is 5.63. The lowest BCUT2D eigenvalue weighted by atomic mass is 10.3. The Morgan fingerprint density at radius 1 is 1.26 bits per heavy atom. The number of methoxy groups -OCH3 is 1. The number of carbonyl (C=O) groups is 1. The van der Waals surface area contributed by atoms with Crippen LogP contribution in [0.3, 0.4) is 0 Å². The summed E-state index contributed by atoms with van der Waals surface area (Å²) in [4.78, 5) is 11.7. The lowest BCUT2D eigenvalue weighted by molar-refractivity contribution is -0.115. The average Bonchev–Trinajstić information content (AvgIpc) is 2.43. The van der Waals surface area contributed by atoms with E-state index < -0.39 is 10.0 Å². The van der Waals surface area contributed by atoms with Crippen LogP contribution in [0.5, 0.6) is 0 Å². The molecule has 0 atom stereocenters. The van der Waals surface area contributed by atoms with Crippen molar-refractivity contribution in [1.82, 2.24) is 5.32 Å². The first-order valence-corrected chi connectivity index (χ1v) is 8.72. The molecule has 3 N–H and O–H groups in total. The highest BCUT2D eigenvalue weighted by atomic mass is 35.5. The van der Waals surface area contributed by atoms with Crippen molar-refractivity contribution >= 4 is 39.7 Å². The van der Waals surface area contributed by atoms with Crippen molar-refractivity contribution in [2.45, 2.75) is 13.3 Å². The zero-order chi connectivity index (χ0) is 16.4. The minimum absolute atomic E-state index is 0. The highest BCUT2D eigenvalue weighted by Crippen LogP contribution is 2.16. The molecule has 0 bridgehead atoms. The monoisotopic (exact) mass is 365 g/mol. The highest BCUT2D eigenvalue weighted by molar-refractivity contribution is 7.92. The third-order valence-corrected chi connectivity index (χ3v) is 4.15. The molecule has 0 saturated carbocycles. The minimum Gasteiger partial charge on any atom is -0.383 e. The summed E-state index contributed by atoms with van der Waals surface area (Å²) >= 11 is 0. The molecule has 0 spiro atoms. The van der Waals surface area contributed by atoms with Gasteiger partial charge in [0, 0.05) is 19.3 Å². The van der Waals surface area contributed by atoms with E-state index in [4.69, 9.17) is 4.74 Å². The van der Waals surface area contributed by atoms with Gasteiger partial charge in [0.25, 0.3) is 0 Å². The molecular formula is C14H24ClN3O4S. The number of sulfonamides is 1. The second-order valence-corrected chi connectivity index (χ2v) is 6.56. The van der Waals surface area contributed by atoms with Gasteiger partial charge in [-0.05, 0) is 24.6 Å². The van der Waals surface area contributed by atoms with Crippen molar-refractivity contribution in [2.75, 3.05) is 42.6 Å². The lowest BCUT2D eigenvalue weighted by Crippen LogP contribution is -2.30. The summed E-state index contributed by atoms with van der Waals surface area (Å²) in [5.74, 6) is -0.142. The van der Waals surface area contributed by atoms with Gasteiger partial charge in [-0.3, -0.25) is 9.52 Å². The number of halogens is 1. The normalized spacial score (nSPS) is 10.7. The first-order chi connectivity index (χ1) is 10.5. The Kier molecular flexibility index (Phi) is 10.6. The molecule has 0 aliphatic heterocycles. The zero-order valence-electron chi connectivity index (χ0n) is 13.3. The smallest absolute Gasteiger partial charge is 0.238 e. The molecule has 9 heteroatoms. The van der Waals surface area contributed by atoms with E-state index in [-0.39, 0.29) is 30.6 Å². The number of carbonyl (C=O) groups excluding carboxylic acids is 1.